The zero-order chi connectivity index (χ0) is 18.3. The van der Waals surface area contributed by atoms with Gasteiger partial charge >= 0.3 is 0 Å². The largest absolute Gasteiger partial charge is 0.508 e. The second kappa shape index (κ2) is 6.22. The van der Waals surface area contributed by atoms with E-state index < -0.39 is 0 Å². The Labute approximate surface area is 150 Å². The number of phenolic OH excluding ortho intramolecular Hbond substituents is 1. The van der Waals surface area contributed by atoms with Crippen LogP contribution in [0.1, 0.15) is 23.5 Å². The molecule has 2 N–H and O–H groups in total. The molecule has 1 aliphatic rings. The Kier molecular flexibility index (Phi) is 3.88. The van der Waals surface area contributed by atoms with Crippen LogP contribution in [-0.2, 0) is 4.79 Å². The number of nitrogens with zero attached hydrogens (tertiary/aromatic N) is 1. The van der Waals surface area contributed by atoms with E-state index in [9.17, 15) is 9.90 Å². The SMILES string of the molecule is COc1cc2c(c(OC)c1)[C@H](c1cnc3cc(O)ccc3c1)CC(=O)N2. The minimum absolute atomic E-state index is 0.0661. The Balaban J connectivity index is 1.88. The van der Waals surface area contributed by atoms with E-state index in [0.29, 0.717) is 29.1 Å². The Morgan fingerprint density at radius 3 is 2.77 bits per heavy atom. The third-order valence-corrected chi connectivity index (χ3v) is 4.67. The van der Waals surface area contributed by atoms with E-state index in [1.54, 1.807) is 38.6 Å². The van der Waals surface area contributed by atoms with Gasteiger partial charge in [0, 0.05) is 47.7 Å². The van der Waals surface area contributed by atoms with E-state index >= 15 is 0 Å². The lowest BCUT2D eigenvalue weighted by Crippen LogP contribution is -2.24. The number of nitrogens with one attached hydrogen (secondary N) is 1. The summed E-state index contributed by atoms with van der Waals surface area (Å²) in [7, 11) is 3.18. The van der Waals surface area contributed by atoms with Crippen molar-refractivity contribution in [2.45, 2.75) is 12.3 Å². The van der Waals surface area contributed by atoms with Crippen molar-refractivity contribution in [3.8, 4) is 17.2 Å². The average Bonchev–Trinajstić information content (AvgIpc) is 2.65. The summed E-state index contributed by atoms with van der Waals surface area (Å²) in [5, 5.41) is 13.4. The highest BCUT2D eigenvalue weighted by atomic mass is 16.5. The van der Waals surface area contributed by atoms with Crippen molar-refractivity contribution in [3.63, 3.8) is 0 Å². The zero-order valence-corrected chi connectivity index (χ0v) is 14.4. The lowest BCUT2D eigenvalue weighted by Gasteiger charge is -2.28. The van der Waals surface area contributed by atoms with Crippen LogP contribution in [0.3, 0.4) is 0 Å². The van der Waals surface area contributed by atoms with Gasteiger partial charge in [-0.1, -0.05) is 0 Å². The summed E-state index contributed by atoms with van der Waals surface area (Å²) < 4.78 is 10.9. The Hall–Kier alpha value is -3.28. The first kappa shape index (κ1) is 16.2. The molecule has 4 rings (SSSR count). The monoisotopic (exact) mass is 350 g/mol. The fourth-order valence-electron chi connectivity index (χ4n) is 3.44. The summed E-state index contributed by atoms with van der Waals surface area (Å²) in [6, 6.07) is 10.7. The van der Waals surface area contributed by atoms with Crippen molar-refractivity contribution < 1.29 is 19.4 Å². The van der Waals surface area contributed by atoms with Gasteiger partial charge in [0.2, 0.25) is 5.91 Å². The van der Waals surface area contributed by atoms with Gasteiger partial charge in [-0.3, -0.25) is 9.78 Å². The fourth-order valence-corrected chi connectivity index (χ4v) is 3.44. The van der Waals surface area contributed by atoms with E-state index in [2.05, 4.69) is 10.3 Å². The number of rotatable bonds is 3. The smallest absolute Gasteiger partial charge is 0.225 e. The third-order valence-electron chi connectivity index (χ3n) is 4.67. The summed E-state index contributed by atoms with van der Waals surface area (Å²) in [5.74, 6) is 1.21. The maximum atomic E-state index is 12.3. The molecule has 1 atom stereocenters. The van der Waals surface area contributed by atoms with Crippen molar-refractivity contribution in [1.82, 2.24) is 4.98 Å². The molecule has 26 heavy (non-hydrogen) atoms. The van der Waals surface area contributed by atoms with E-state index in [4.69, 9.17) is 9.47 Å². The number of hydrogen-bond acceptors (Lipinski definition) is 5. The fraction of sp³-hybridized carbons (Fsp3) is 0.200. The van der Waals surface area contributed by atoms with Gasteiger partial charge in [-0.2, -0.15) is 0 Å². The van der Waals surface area contributed by atoms with Crippen molar-refractivity contribution in [3.05, 3.63) is 53.7 Å². The molecule has 0 aliphatic carbocycles. The molecule has 6 nitrogen and oxygen atoms in total. The van der Waals surface area contributed by atoms with Crippen LogP contribution in [0.4, 0.5) is 5.69 Å². The van der Waals surface area contributed by atoms with E-state index in [0.717, 1.165) is 16.5 Å². The summed E-state index contributed by atoms with van der Waals surface area (Å²) in [5.41, 5.74) is 3.22. The van der Waals surface area contributed by atoms with Gasteiger partial charge in [0.1, 0.15) is 17.2 Å². The number of phenols is 1. The molecule has 0 unspecified atom stereocenters. The van der Waals surface area contributed by atoms with Gasteiger partial charge < -0.3 is 19.9 Å². The number of benzene rings is 2. The van der Waals surface area contributed by atoms with Gasteiger partial charge in [-0.05, 0) is 23.8 Å². The standard InChI is InChI=1S/C20H18N2O4/c1-25-14-7-17-20(18(8-14)26-2)15(9-19(24)22-17)12-5-11-3-4-13(23)6-16(11)21-10-12/h3-8,10,15,23H,9H2,1-2H3,(H,22,24)/t15-/m0/s1. The van der Waals surface area contributed by atoms with Crippen LogP contribution in [0, 0.1) is 0 Å². The maximum Gasteiger partial charge on any atom is 0.225 e. The first-order valence-corrected chi connectivity index (χ1v) is 8.23. The highest BCUT2D eigenvalue weighted by Crippen LogP contribution is 2.45. The molecule has 0 saturated heterocycles. The lowest BCUT2D eigenvalue weighted by atomic mass is 9.84. The second-order valence-corrected chi connectivity index (χ2v) is 6.24. The van der Waals surface area contributed by atoms with Crippen LogP contribution in [-0.4, -0.2) is 30.2 Å². The van der Waals surface area contributed by atoms with Crippen molar-refractivity contribution in [2.24, 2.45) is 0 Å². The summed E-state index contributed by atoms with van der Waals surface area (Å²) in [6.07, 6.45) is 2.06. The van der Waals surface area contributed by atoms with Crippen molar-refractivity contribution in [1.29, 1.82) is 0 Å². The molecule has 2 heterocycles. The third kappa shape index (κ3) is 2.69. The molecule has 6 heteroatoms. The number of aromatic hydroxyl groups is 1. The topological polar surface area (TPSA) is 80.7 Å². The van der Waals surface area contributed by atoms with Crippen LogP contribution in [0.25, 0.3) is 10.9 Å². The van der Waals surface area contributed by atoms with Crippen molar-refractivity contribution in [2.75, 3.05) is 19.5 Å². The van der Waals surface area contributed by atoms with Gasteiger partial charge in [0.15, 0.2) is 0 Å². The molecule has 0 bridgehead atoms. The Morgan fingerprint density at radius 2 is 2.00 bits per heavy atom. The summed E-state index contributed by atoms with van der Waals surface area (Å²) >= 11 is 0. The summed E-state index contributed by atoms with van der Waals surface area (Å²) in [6.45, 7) is 0. The molecule has 0 radical (unpaired) electrons. The number of pyridine rings is 1. The molecule has 2 aromatic carbocycles. The quantitative estimate of drug-likeness (QED) is 0.756. The maximum absolute atomic E-state index is 12.3. The van der Waals surface area contributed by atoms with E-state index in [-0.39, 0.29) is 17.6 Å². The zero-order valence-electron chi connectivity index (χ0n) is 14.4. The van der Waals surface area contributed by atoms with E-state index in [1.807, 2.05) is 18.2 Å². The number of anilines is 1. The first-order chi connectivity index (χ1) is 12.6. The number of aromatic nitrogens is 1. The molecule has 0 fully saturated rings. The molecular formula is C20H18N2O4. The van der Waals surface area contributed by atoms with Gasteiger partial charge in [0.05, 0.1) is 25.4 Å². The Bertz CT molecular complexity index is 1020. The van der Waals surface area contributed by atoms with Gasteiger partial charge in [0.25, 0.3) is 0 Å². The molecule has 3 aromatic rings. The minimum Gasteiger partial charge on any atom is -0.508 e. The predicted molar refractivity (Wildman–Crippen MR) is 98.0 cm³/mol. The number of ether oxygens (including phenoxy) is 2. The van der Waals surface area contributed by atoms with Gasteiger partial charge in [-0.25, -0.2) is 0 Å². The highest BCUT2D eigenvalue weighted by molar-refractivity contribution is 5.96. The number of methoxy groups -OCH3 is 2. The van der Waals surface area contributed by atoms with Crippen LogP contribution >= 0.6 is 0 Å². The first-order valence-electron chi connectivity index (χ1n) is 8.23. The average molecular weight is 350 g/mol. The number of hydrogen-bond donors (Lipinski definition) is 2. The van der Waals surface area contributed by atoms with Crippen LogP contribution in [0.5, 0.6) is 17.2 Å². The molecule has 1 amide bonds. The van der Waals surface area contributed by atoms with Crippen LogP contribution in [0.2, 0.25) is 0 Å². The second-order valence-electron chi connectivity index (χ2n) is 6.24. The van der Waals surface area contributed by atoms with Crippen LogP contribution in [0.15, 0.2) is 42.6 Å². The molecule has 132 valence electrons. The highest BCUT2D eigenvalue weighted by Gasteiger charge is 2.30. The number of fused-ring (bicyclic) bond motifs is 2. The summed E-state index contributed by atoms with van der Waals surface area (Å²) in [4.78, 5) is 16.7. The molecule has 0 saturated carbocycles. The van der Waals surface area contributed by atoms with Crippen LogP contribution < -0.4 is 14.8 Å². The normalized spacial score (nSPS) is 16.1. The molecule has 0 spiro atoms. The minimum atomic E-state index is -0.176. The van der Waals surface area contributed by atoms with E-state index in [1.165, 1.54) is 0 Å². The number of amides is 1. The number of carbonyl (C=O) groups excluding carboxylic acids is 1. The lowest BCUT2D eigenvalue weighted by molar-refractivity contribution is -0.116. The number of carbonyl (C=O) groups is 1. The van der Waals surface area contributed by atoms with Gasteiger partial charge in [-0.15, -0.1) is 0 Å². The molecular weight excluding hydrogens is 332 g/mol. The Morgan fingerprint density at radius 1 is 1.15 bits per heavy atom. The predicted octanol–water partition coefficient (Wildman–Crippen LogP) is 3.43. The molecule has 1 aliphatic heterocycles. The van der Waals surface area contributed by atoms with Crippen molar-refractivity contribution >= 4 is 22.5 Å². The molecule has 1 aromatic heterocycles.